The van der Waals surface area contributed by atoms with Crippen LogP contribution in [-0.2, 0) is 19.1 Å². The number of unbranched alkanes of at least 4 members (excludes halogenated alkanes) is 16. The SMILES string of the molecule is CC/C=C\C/C=C\C/C=C\C/C=C\C/C=C\C/C=C\CCCCCCC(=O)OC(CO)COC(=O)CCCCCCCCCCCCCC/C=C\C/C=C\C/C=C\C/C=C\CC. The van der Waals surface area contributed by atoms with E-state index in [0.29, 0.717) is 12.8 Å². The average Bonchev–Trinajstić information content (AvgIpc) is 3.28. The Morgan fingerprint density at radius 1 is 0.371 bits per heavy atom. The molecule has 0 heterocycles. The molecule has 0 aromatic carbocycles. The molecule has 1 unspecified atom stereocenters. The van der Waals surface area contributed by atoms with Gasteiger partial charge in [0.25, 0.3) is 0 Å². The minimum atomic E-state index is -0.796. The third-order valence-electron chi connectivity index (χ3n) is 10.3. The van der Waals surface area contributed by atoms with E-state index in [1.165, 1.54) is 64.2 Å². The Kier molecular flexibility index (Phi) is 48.6. The molecule has 1 N–H and O–H groups in total. The molecule has 0 saturated heterocycles. The van der Waals surface area contributed by atoms with Gasteiger partial charge in [-0.05, 0) is 103 Å². The van der Waals surface area contributed by atoms with Crippen LogP contribution in [0.2, 0.25) is 0 Å². The molecule has 0 aromatic rings. The molecule has 0 spiro atoms. The summed E-state index contributed by atoms with van der Waals surface area (Å²) in [6.45, 7) is 3.89. The highest BCUT2D eigenvalue weighted by atomic mass is 16.6. The van der Waals surface area contributed by atoms with Crippen molar-refractivity contribution in [1.29, 1.82) is 0 Å². The molecule has 0 saturated carbocycles. The lowest BCUT2D eigenvalue weighted by Crippen LogP contribution is -2.28. The summed E-state index contributed by atoms with van der Waals surface area (Å²) in [6, 6.07) is 0. The van der Waals surface area contributed by atoms with Gasteiger partial charge >= 0.3 is 11.9 Å². The van der Waals surface area contributed by atoms with Crippen LogP contribution in [-0.4, -0.2) is 36.4 Å². The summed E-state index contributed by atoms with van der Waals surface area (Å²) in [4.78, 5) is 24.5. The average molecular weight is 857 g/mol. The highest BCUT2D eigenvalue weighted by molar-refractivity contribution is 5.70. The summed E-state index contributed by atoms with van der Waals surface area (Å²) >= 11 is 0. The Labute approximate surface area is 382 Å². The van der Waals surface area contributed by atoms with Crippen LogP contribution in [0.4, 0.5) is 0 Å². The van der Waals surface area contributed by atoms with Crippen molar-refractivity contribution >= 4 is 11.9 Å². The second kappa shape index (κ2) is 51.6. The number of allylic oxidation sites excluding steroid dienone is 20. The van der Waals surface area contributed by atoms with Crippen molar-refractivity contribution in [2.75, 3.05) is 13.2 Å². The molecule has 5 heteroatoms. The molecule has 0 aliphatic carbocycles. The Morgan fingerprint density at radius 2 is 0.645 bits per heavy atom. The maximum Gasteiger partial charge on any atom is 0.306 e. The second-order valence-electron chi connectivity index (χ2n) is 16.1. The van der Waals surface area contributed by atoms with Crippen LogP contribution in [0, 0.1) is 0 Å². The van der Waals surface area contributed by atoms with Gasteiger partial charge in [0.05, 0.1) is 6.61 Å². The minimum absolute atomic E-state index is 0.0850. The lowest BCUT2D eigenvalue weighted by molar-refractivity contribution is -0.161. The van der Waals surface area contributed by atoms with Crippen LogP contribution in [0.3, 0.4) is 0 Å². The number of carbonyl (C=O) groups excluding carboxylic acids is 2. The molecule has 350 valence electrons. The second-order valence-corrected chi connectivity index (χ2v) is 16.1. The number of hydrogen-bond donors (Lipinski definition) is 1. The van der Waals surface area contributed by atoms with E-state index in [4.69, 9.17) is 9.47 Å². The van der Waals surface area contributed by atoms with E-state index in [1.54, 1.807) is 0 Å². The normalized spacial score (nSPS) is 13.3. The number of aliphatic hydroxyl groups is 1. The highest BCUT2D eigenvalue weighted by Crippen LogP contribution is 2.14. The van der Waals surface area contributed by atoms with Crippen LogP contribution < -0.4 is 0 Å². The quantitative estimate of drug-likeness (QED) is 0.0375. The van der Waals surface area contributed by atoms with Crippen molar-refractivity contribution in [3.8, 4) is 0 Å². The van der Waals surface area contributed by atoms with Gasteiger partial charge in [-0.1, -0.05) is 212 Å². The first-order chi connectivity index (χ1) is 30.6. The first-order valence-corrected chi connectivity index (χ1v) is 25.1. The topological polar surface area (TPSA) is 72.8 Å². The molecule has 0 rings (SSSR count). The van der Waals surface area contributed by atoms with Crippen molar-refractivity contribution in [1.82, 2.24) is 0 Å². The zero-order valence-electron chi connectivity index (χ0n) is 39.8. The molecule has 0 fully saturated rings. The summed E-state index contributed by atoms with van der Waals surface area (Å²) in [5.41, 5.74) is 0. The summed E-state index contributed by atoms with van der Waals surface area (Å²) in [5, 5.41) is 9.63. The number of ether oxygens (including phenoxy) is 2. The third-order valence-corrected chi connectivity index (χ3v) is 10.3. The molecule has 0 aliphatic heterocycles. The fourth-order valence-corrected chi connectivity index (χ4v) is 6.55. The van der Waals surface area contributed by atoms with Gasteiger partial charge in [0.1, 0.15) is 6.61 Å². The Morgan fingerprint density at radius 3 is 0.968 bits per heavy atom. The van der Waals surface area contributed by atoms with Gasteiger partial charge in [0.15, 0.2) is 6.10 Å². The van der Waals surface area contributed by atoms with Crippen molar-refractivity contribution < 1.29 is 24.2 Å². The van der Waals surface area contributed by atoms with E-state index in [9.17, 15) is 14.7 Å². The fraction of sp³-hybridized carbons (Fsp3) is 0.614. The summed E-state index contributed by atoms with van der Waals surface area (Å²) < 4.78 is 10.7. The Balaban J connectivity index is 3.60. The third kappa shape index (κ3) is 49.0. The lowest BCUT2D eigenvalue weighted by Gasteiger charge is -2.15. The van der Waals surface area contributed by atoms with Gasteiger partial charge in [-0.2, -0.15) is 0 Å². The monoisotopic (exact) mass is 857 g/mol. The Hall–Kier alpha value is -3.70. The number of hydrogen-bond acceptors (Lipinski definition) is 5. The summed E-state index contributed by atoms with van der Waals surface area (Å²) in [7, 11) is 0. The number of esters is 2. The standard InChI is InChI=1S/C57H92O5/c1-3-5-7-9-11-13-15-17-19-21-23-25-27-28-30-31-33-35-37-39-41-43-45-47-49-51-56(59)61-54-55(53-58)62-57(60)52-50-48-46-44-42-40-38-36-34-32-29-26-24-22-20-18-16-14-12-10-8-6-4-2/h5-8,11-14,17-20,23-26,32,34,38,40,55,58H,3-4,9-10,15-16,21-22,27-31,33,35-37,39,41-54H2,1-2H3/b7-5-,8-6-,13-11-,14-12-,19-17-,20-18-,25-23-,26-24-,34-32-,40-38-. The van der Waals surface area contributed by atoms with E-state index in [0.717, 1.165) is 116 Å². The van der Waals surface area contributed by atoms with Crippen molar-refractivity contribution in [3.63, 3.8) is 0 Å². The molecule has 5 nitrogen and oxygen atoms in total. The maximum absolute atomic E-state index is 12.3. The molecule has 0 aromatic heterocycles. The van der Waals surface area contributed by atoms with E-state index < -0.39 is 6.10 Å². The number of carbonyl (C=O) groups is 2. The van der Waals surface area contributed by atoms with Gasteiger partial charge in [0, 0.05) is 12.8 Å². The van der Waals surface area contributed by atoms with E-state index in [1.807, 2.05) is 0 Å². The van der Waals surface area contributed by atoms with Crippen LogP contribution in [0.1, 0.15) is 206 Å². The molecule has 0 bridgehead atoms. The predicted molar refractivity (Wildman–Crippen MR) is 269 cm³/mol. The molecule has 0 aliphatic rings. The van der Waals surface area contributed by atoms with Crippen LogP contribution in [0.25, 0.3) is 0 Å². The van der Waals surface area contributed by atoms with Crippen LogP contribution >= 0.6 is 0 Å². The highest BCUT2D eigenvalue weighted by Gasteiger charge is 2.16. The lowest BCUT2D eigenvalue weighted by atomic mass is 10.0. The number of rotatable bonds is 44. The molecule has 0 amide bonds. The first kappa shape index (κ1) is 58.3. The zero-order chi connectivity index (χ0) is 44.9. The first-order valence-electron chi connectivity index (χ1n) is 25.1. The van der Waals surface area contributed by atoms with Crippen molar-refractivity contribution in [2.24, 2.45) is 0 Å². The van der Waals surface area contributed by atoms with Crippen LogP contribution in [0.15, 0.2) is 122 Å². The molecule has 62 heavy (non-hydrogen) atoms. The van der Waals surface area contributed by atoms with Gasteiger partial charge in [-0.25, -0.2) is 0 Å². The fourth-order valence-electron chi connectivity index (χ4n) is 6.55. The van der Waals surface area contributed by atoms with Crippen LogP contribution in [0.5, 0.6) is 0 Å². The van der Waals surface area contributed by atoms with Gasteiger partial charge in [0.2, 0.25) is 0 Å². The van der Waals surface area contributed by atoms with Gasteiger partial charge < -0.3 is 14.6 Å². The smallest absolute Gasteiger partial charge is 0.306 e. The molecule has 0 radical (unpaired) electrons. The molecule has 1 atom stereocenters. The van der Waals surface area contributed by atoms with Gasteiger partial charge in [-0.3, -0.25) is 9.59 Å². The van der Waals surface area contributed by atoms with Gasteiger partial charge in [-0.15, -0.1) is 0 Å². The molecular weight excluding hydrogens is 765 g/mol. The van der Waals surface area contributed by atoms with E-state index in [2.05, 4.69) is 135 Å². The maximum atomic E-state index is 12.3. The summed E-state index contributed by atoms with van der Waals surface area (Å²) in [6.07, 6.45) is 75.7. The zero-order valence-corrected chi connectivity index (χ0v) is 39.8. The van der Waals surface area contributed by atoms with E-state index >= 15 is 0 Å². The largest absolute Gasteiger partial charge is 0.462 e. The number of aliphatic hydroxyl groups excluding tert-OH is 1. The Bertz CT molecular complexity index is 1290. The van der Waals surface area contributed by atoms with Crippen molar-refractivity contribution in [2.45, 2.75) is 213 Å². The van der Waals surface area contributed by atoms with E-state index in [-0.39, 0.29) is 25.2 Å². The minimum Gasteiger partial charge on any atom is -0.462 e. The molecular formula is C57H92O5. The van der Waals surface area contributed by atoms with Crippen molar-refractivity contribution in [3.05, 3.63) is 122 Å². The summed E-state index contributed by atoms with van der Waals surface area (Å²) in [5.74, 6) is -0.629. The predicted octanol–water partition coefficient (Wildman–Crippen LogP) is 16.7.